The Labute approximate surface area is 173 Å². The molecule has 0 aromatic heterocycles. The molecule has 0 radical (unpaired) electrons. The molecule has 1 atom stereocenters. The lowest BCUT2D eigenvalue weighted by atomic mass is 9.79. The van der Waals surface area contributed by atoms with Gasteiger partial charge in [-0.1, -0.05) is 43.3 Å². The van der Waals surface area contributed by atoms with E-state index in [9.17, 15) is 15.3 Å². The van der Waals surface area contributed by atoms with Gasteiger partial charge in [0, 0.05) is 5.92 Å². The largest absolute Gasteiger partial charge is 0.508 e. The Balaban J connectivity index is 2.04. The zero-order valence-electron chi connectivity index (χ0n) is 17.6. The molecule has 3 rings (SSSR count). The van der Waals surface area contributed by atoms with Gasteiger partial charge in [0.1, 0.15) is 17.2 Å². The molecular formula is C26H30O3. The fraction of sp³-hybridized carbons (Fsp3) is 0.308. The topological polar surface area (TPSA) is 60.7 Å². The van der Waals surface area contributed by atoms with Crippen LogP contribution in [0.25, 0.3) is 0 Å². The van der Waals surface area contributed by atoms with Crippen LogP contribution >= 0.6 is 0 Å². The number of aromatic hydroxyl groups is 3. The molecule has 0 aliphatic heterocycles. The van der Waals surface area contributed by atoms with Crippen molar-refractivity contribution in [2.24, 2.45) is 0 Å². The van der Waals surface area contributed by atoms with E-state index in [1.165, 1.54) is 5.56 Å². The van der Waals surface area contributed by atoms with Gasteiger partial charge in [-0.25, -0.2) is 0 Å². The molecule has 0 spiro atoms. The van der Waals surface area contributed by atoms with E-state index in [0.717, 1.165) is 40.7 Å². The van der Waals surface area contributed by atoms with Gasteiger partial charge in [0.05, 0.1) is 0 Å². The molecule has 29 heavy (non-hydrogen) atoms. The molecule has 152 valence electrons. The van der Waals surface area contributed by atoms with Crippen LogP contribution in [0.4, 0.5) is 0 Å². The number of aryl methyl sites for hydroxylation is 3. The molecule has 3 nitrogen and oxygen atoms in total. The van der Waals surface area contributed by atoms with Gasteiger partial charge in [-0.3, -0.25) is 0 Å². The SMILES string of the molecule is CCC(CC(c1ccc(O)c(C)c1)c1ccc(O)c(C)c1)c1ccc(O)c(C)c1. The van der Waals surface area contributed by atoms with Gasteiger partial charge in [-0.15, -0.1) is 0 Å². The molecule has 0 heterocycles. The summed E-state index contributed by atoms with van der Waals surface area (Å²) < 4.78 is 0. The first-order valence-corrected chi connectivity index (χ1v) is 10.2. The van der Waals surface area contributed by atoms with Crippen LogP contribution in [0.1, 0.15) is 65.0 Å². The molecule has 1 unspecified atom stereocenters. The van der Waals surface area contributed by atoms with Crippen molar-refractivity contribution in [1.29, 1.82) is 0 Å². The zero-order chi connectivity index (χ0) is 21.1. The Morgan fingerprint density at radius 2 is 1.00 bits per heavy atom. The quantitative estimate of drug-likeness (QED) is 0.453. The summed E-state index contributed by atoms with van der Waals surface area (Å²) in [5.74, 6) is 1.38. The standard InChI is InChI=1S/C26H30O3/c1-5-19(20-6-9-24(27)16(2)12-20)15-23(21-7-10-25(28)17(3)13-21)22-8-11-26(29)18(4)14-22/h6-14,19,23,27-29H,5,15H2,1-4H3. The lowest BCUT2D eigenvalue weighted by Gasteiger charge is -2.25. The highest BCUT2D eigenvalue weighted by Crippen LogP contribution is 2.39. The van der Waals surface area contributed by atoms with Crippen LogP contribution in [0, 0.1) is 20.8 Å². The Morgan fingerprint density at radius 1 is 0.621 bits per heavy atom. The first-order valence-electron chi connectivity index (χ1n) is 10.2. The number of rotatable bonds is 6. The fourth-order valence-electron chi connectivity index (χ4n) is 4.01. The summed E-state index contributed by atoms with van der Waals surface area (Å²) in [4.78, 5) is 0. The molecular weight excluding hydrogens is 360 g/mol. The van der Waals surface area contributed by atoms with E-state index in [1.54, 1.807) is 18.2 Å². The minimum atomic E-state index is 0.132. The fourth-order valence-corrected chi connectivity index (χ4v) is 4.01. The summed E-state index contributed by atoms with van der Waals surface area (Å²) in [5.41, 5.74) is 6.13. The van der Waals surface area contributed by atoms with Gasteiger partial charge in [0.25, 0.3) is 0 Å². The predicted molar refractivity (Wildman–Crippen MR) is 118 cm³/mol. The van der Waals surface area contributed by atoms with Gasteiger partial charge in [0.15, 0.2) is 0 Å². The maximum absolute atomic E-state index is 9.98. The second-order valence-electron chi connectivity index (χ2n) is 8.03. The van der Waals surface area contributed by atoms with Gasteiger partial charge in [-0.05, 0) is 91.1 Å². The van der Waals surface area contributed by atoms with Crippen molar-refractivity contribution >= 4 is 0 Å². The summed E-state index contributed by atoms with van der Waals surface area (Å²) in [7, 11) is 0. The minimum Gasteiger partial charge on any atom is -0.508 e. The maximum atomic E-state index is 9.98. The summed E-state index contributed by atoms with van der Waals surface area (Å²) in [6.45, 7) is 7.95. The van der Waals surface area contributed by atoms with Crippen LogP contribution in [0.2, 0.25) is 0 Å². The van der Waals surface area contributed by atoms with E-state index >= 15 is 0 Å². The molecule has 3 N–H and O–H groups in total. The van der Waals surface area contributed by atoms with Crippen molar-refractivity contribution < 1.29 is 15.3 Å². The number of phenols is 3. The molecule has 0 fully saturated rings. The van der Waals surface area contributed by atoms with Crippen LogP contribution in [-0.4, -0.2) is 15.3 Å². The third kappa shape index (κ3) is 4.56. The van der Waals surface area contributed by atoms with E-state index in [0.29, 0.717) is 23.2 Å². The summed E-state index contributed by atoms with van der Waals surface area (Å²) in [6, 6.07) is 17.5. The van der Waals surface area contributed by atoms with Crippen LogP contribution in [0.5, 0.6) is 17.2 Å². The number of phenolic OH excluding ortho intramolecular Hbond substituents is 3. The lowest BCUT2D eigenvalue weighted by Crippen LogP contribution is -2.09. The van der Waals surface area contributed by atoms with Gasteiger partial charge >= 0.3 is 0 Å². The van der Waals surface area contributed by atoms with Crippen molar-refractivity contribution in [3.63, 3.8) is 0 Å². The van der Waals surface area contributed by atoms with E-state index in [-0.39, 0.29) is 5.92 Å². The second kappa shape index (κ2) is 8.60. The van der Waals surface area contributed by atoms with Crippen LogP contribution in [-0.2, 0) is 0 Å². The molecule has 3 aromatic carbocycles. The zero-order valence-corrected chi connectivity index (χ0v) is 17.6. The number of benzene rings is 3. The Bertz CT molecular complexity index is 955. The van der Waals surface area contributed by atoms with E-state index < -0.39 is 0 Å². The Kier molecular flexibility index (Phi) is 6.17. The van der Waals surface area contributed by atoms with E-state index in [4.69, 9.17) is 0 Å². The smallest absolute Gasteiger partial charge is 0.118 e. The third-order valence-corrected chi connectivity index (χ3v) is 5.95. The normalized spacial score (nSPS) is 12.3. The van der Waals surface area contributed by atoms with E-state index in [2.05, 4.69) is 25.1 Å². The molecule has 0 amide bonds. The first kappa shape index (κ1) is 20.8. The molecule has 0 aliphatic carbocycles. The highest BCUT2D eigenvalue weighted by Gasteiger charge is 2.22. The van der Waals surface area contributed by atoms with Gasteiger partial charge < -0.3 is 15.3 Å². The van der Waals surface area contributed by atoms with E-state index in [1.807, 2.05) is 39.0 Å². The van der Waals surface area contributed by atoms with Gasteiger partial charge in [-0.2, -0.15) is 0 Å². The first-order chi connectivity index (χ1) is 13.8. The van der Waals surface area contributed by atoms with Crippen molar-refractivity contribution in [3.8, 4) is 17.2 Å². The molecule has 3 heteroatoms. The van der Waals surface area contributed by atoms with Crippen LogP contribution < -0.4 is 0 Å². The third-order valence-electron chi connectivity index (χ3n) is 5.95. The maximum Gasteiger partial charge on any atom is 0.118 e. The van der Waals surface area contributed by atoms with Crippen molar-refractivity contribution in [2.45, 2.75) is 52.4 Å². The van der Waals surface area contributed by atoms with Crippen molar-refractivity contribution in [3.05, 3.63) is 88.0 Å². The van der Waals surface area contributed by atoms with Crippen LogP contribution in [0.3, 0.4) is 0 Å². The molecule has 0 saturated carbocycles. The average Bonchev–Trinajstić information content (AvgIpc) is 2.70. The Morgan fingerprint density at radius 3 is 1.38 bits per heavy atom. The molecule has 0 aliphatic rings. The van der Waals surface area contributed by atoms with Crippen molar-refractivity contribution in [2.75, 3.05) is 0 Å². The summed E-state index contributed by atoms with van der Waals surface area (Å²) >= 11 is 0. The number of hydrogen-bond acceptors (Lipinski definition) is 3. The molecule has 0 saturated heterocycles. The lowest BCUT2D eigenvalue weighted by molar-refractivity contribution is 0.469. The Hall–Kier alpha value is -2.94. The average molecular weight is 391 g/mol. The highest BCUT2D eigenvalue weighted by atomic mass is 16.3. The molecule has 0 bridgehead atoms. The van der Waals surface area contributed by atoms with Crippen LogP contribution in [0.15, 0.2) is 54.6 Å². The van der Waals surface area contributed by atoms with Crippen molar-refractivity contribution in [1.82, 2.24) is 0 Å². The number of hydrogen-bond donors (Lipinski definition) is 3. The summed E-state index contributed by atoms with van der Waals surface area (Å²) in [6.07, 6.45) is 1.88. The molecule has 3 aromatic rings. The monoisotopic (exact) mass is 390 g/mol. The minimum absolute atomic E-state index is 0.132. The summed E-state index contributed by atoms with van der Waals surface area (Å²) in [5, 5.41) is 29.9. The van der Waals surface area contributed by atoms with Gasteiger partial charge in [0.2, 0.25) is 0 Å². The highest BCUT2D eigenvalue weighted by molar-refractivity contribution is 5.44. The predicted octanol–water partition coefficient (Wildman–Crippen LogP) is 6.44. The second-order valence-corrected chi connectivity index (χ2v) is 8.03.